The van der Waals surface area contributed by atoms with Gasteiger partial charge in [0.05, 0.1) is 25.6 Å². The molecule has 1 saturated heterocycles. The Morgan fingerprint density at radius 1 is 1.42 bits per heavy atom. The number of nitrogen functional groups attached to an aromatic ring is 1. The molecule has 0 bridgehead atoms. The van der Waals surface area contributed by atoms with Crippen LogP contribution < -0.4 is 11.3 Å². The Morgan fingerprint density at radius 2 is 2.16 bits per heavy atom. The number of fused-ring (bicyclic) bond motifs is 1. The Balaban J connectivity index is 1.51. The highest BCUT2D eigenvalue weighted by Gasteiger charge is 2.37. The van der Waals surface area contributed by atoms with E-state index in [4.69, 9.17) is 24.8 Å². The number of imidazole rings is 1. The highest BCUT2D eigenvalue weighted by atomic mass is 31.2. The van der Waals surface area contributed by atoms with Gasteiger partial charge in [0, 0.05) is 13.0 Å². The van der Waals surface area contributed by atoms with Crippen LogP contribution in [0.1, 0.15) is 25.5 Å². The molecule has 1 aliphatic rings. The minimum Gasteiger partial charge on any atom is -0.481 e. The fraction of sp³-hybridized carbons (Fsp3) is 0.625. The number of unbranched alkanes of at least 4 members (excludes halogenated alkanes) is 1. The summed E-state index contributed by atoms with van der Waals surface area (Å²) < 4.78 is 29.4. The van der Waals surface area contributed by atoms with Crippen LogP contribution in [0.2, 0.25) is 0 Å². The summed E-state index contributed by atoms with van der Waals surface area (Å²) >= 11 is 0. The lowest BCUT2D eigenvalue weighted by Crippen LogP contribution is -2.28. The molecule has 15 heteroatoms. The van der Waals surface area contributed by atoms with Crippen molar-refractivity contribution >= 4 is 30.7 Å². The predicted octanol–water partition coefficient (Wildman–Crippen LogP) is -0.566. The maximum atomic E-state index is 11.9. The third-order valence-electron chi connectivity index (χ3n) is 4.62. The first-order valence-electron chi connectivity index (χ1n) is 9.48. The first-order valence-corrected chi connectivity index (χ1v) is 11.2. The standard InChI is InChI=1S/C16H24N5O9P/c17-16-19-14-13(15(25)20-16)18-8-21(14)11-5-9(10(6-22)30-11)28-3-1-2-4-29-31(26,27)7-12(23)24/h8-11,22H,1-7H2,(H,23,24)(H,26,27)(H3,17,19,20,25)/t9-,10+,11+/m0/s1. The Hall–Kier alpha value is -2.35. The second-order valence-electron chi connectivity index (χ2n) is 6.96. The Labute approximate surface area is 175 Å². The molecular weight excluding hydrogens is 437 g/mol. The summed E-state index contributed by atoms with van der Waals surface area (Å²) in [5.41, 5.74) is 5.51. The van der Waals surface area contributed by atoms with E-state index in [1.54, 1.807) is 4.57 Å². The van der Waals surface area contributed by atoms with E-state index in [-0.39, 0.29) is 36.9 Å². The highest BCUT2D eigenvalue weighted by molar-refractivity contribution is 7.53. The summed E-state index contributed by atoms with van der Waals surface area (Å²) in [6.45, 7) is -0.0962. The van der Waals surface area contributed by atoms with Crippen molar-refractivity contribution in [3.8, 4) is 0 Å². The fourth-order valence-corrected chi connectivity index (χ4v) is 4.07. The summed E-state index contributed by atoms with van der Waals surface area (Å²) in [7, 11) is -4.14. The fourth-order valence-electron chi connectivity index (χ4n) is 3.23. The molecule has 2 aromatic heterocycles. The van der Waals surface area contributed by atoms with E-state index in [0.29, 0.717) is 19.3 Å². The van der Waals surface area contributed by atoms with Crippen molar-refractivity contribution < 1.29 is 38.5 Å². The molecule has 172 valence electrons. The number of nitrogens with zero attached hydrogens (tertiary/aromatic N) is 3. The zero-order valence-corrected chi connectivity index (χ0v) is 17.3. The van der Waals surface area contributed by atoms with E-state index in [9.17, 15) is 24.2 Å². The quantitative estimate of drug-likeness (QED) is 0.210. The summed E-state index contributed by atoms with van der Waals surface area (Å²) in [5, 5.41) is 18.1. The van der Waals surface area contributed by atoms with Crippen molar-refractivity contribution in [1.82, 2.24) is 19.5 Å². The molecular formula is C16H24N5O9P. The lowest BCUT2D eigenvalue weighted by Gasteiger charge is -2.16. The molecule has 31 heavy (non-hydrogen) atoms. The Morgan fingerprint density at radius 3 is 2.87 bits per heavy atom. The number of H-pyrrole nitrogens is 1. The Kier molecular flexibility index (Phi) is 7.41. The molecule has 2 aromatic rings. The molecule has 3 rings (SSSR count). The Bertz CT molecular complexity index is 1020. The first-order chi connectivity index (χ1) is 14.7. The average molecular weight is 461 g/mol. The van der Waals surface area contributed by atoms with Crippen LogP contribution in [0.3, 0.4) is 0 Å². The van der Waals surface area contributed by atoms with Gasteiger partial charge in [-0.3, -0.25) is 23.7 Å². The summed E-state index contributed by atoms with van der Waals surface area (Å²) in [6.07, 6.45) is 0.0753. The largest absolute Gasteiger partial charge is 0.481 e. The minimum atomic E-state index is -4.14. The van der Waals surface area contributed by atoms with Crippen molar-refractivity contribution in [2.75, 3.05) is 31.7 Å². The van der Waals surface area contributed by atoms with Gasteiger partial charge in [0.2, 0.25) is 5.95 Å². The molecule has 1 fully saturated rings. The van der Waals surface area contributed by atoms with Gasteiger partial charge in [0.15, 0.2) is 11.2 Å². The third-order valence-corrected chi connectivity index (χ3v) is 5.88. The van der Waals surface area contributed by atoms with Crippen LogP contribution in [0.4, 0.5) is 5.95 Å². The van der Waals surface area contributed by atoms with Crippen LogP contribution in [-0.2, 0) is 23.4 Å². The van der Waals surface area contributed by atoms with Gasteiger partial charge in [-0.1, -0.05) is 0 Å². The van der Waals surface area contributed by atoms with Gasteiger partial charge >= 0.3 is 13.6 Å². The zero-order valence-electron chi connectivity index (χ0n) is 16.4. The number of aromatic nitrogens is 4. The third kappa shape index (κ3) is 5.87. The van der Waals surface area contributed by atoms with E-state index < -0.39 is 43.7 Å². The molecule has 0 aromatic carbocycles. The topological polar surface area (TPSA) is 212 Å². The summed E-state index contributed by atoms with van der Waals surface area (Å²) in [5.74, 6) is -1.46. The van der Waals surface area contributed by atoms with E-state index >= 15 is 0 Å². The van der Waals surface area contributed by atoms with Gasteiger partial charge in [-0.2, -0.15) is 4.98 Å². The maximum Gasteiger partial charge on any atom is 0.339 e. The monoisotopic (exact) mass is 461 g/mol. The van der Waals surface area contributed by atoms with Crippen molar-refractivity contribution in [3.63, 3.8) is 0 Å². The summed E-state index contributed by atoms with van der Waals surface area (Å²) in [6, 6.07) is 0. The zero-order chi connectivity index (χ0) is 22.6. The number of aliphatic hydroxyl groups is 1. The number of aliphatic carboxylic acids is 1. The number of carboxylic acid groups (broad SMARTS) is 1. The molecule has 0 saturated carbocycles. The molecule has 0 amide bonds. The normalized spacial score (nSPS) is 23.2. The highest BCUT2D eigenvalue weighted by Crippen LogP contribution is 2.41. The number of anilines is 1. The lowest BCUT2D eigenvalue weighted by atomic mass is 10.2. The number of aromatic amines is 1. The summed E-state index contributed by atoms with van der Waals surface area (Å²) in [4.78, 5) is 42.2. The van der Waals surface area contributed by atoms with Crippen LogP contribution >= 0.6 is 7.60 Å². The number of ether oxygens (including phenoxy) is 2. The molecule has 1 unspecified atom stereocenters. The average Bonchev–Trinajstić information content (AvgIpc) is 3.27. The number of rotatable bonds is 11. The smallest absolute Gasteiger partial charge is 0.339 e. The molecule has 14 nitrogen and oxygen atoms in total. The number of aliphatic hydroxyl groups excluding tert-OH is 1. The maximum absolute atomic E-state index is 11.9. The second-order valence-corrected chi connectivity index (χ2v) is 8.81. The van der Waals surface area contributed by atoms with E-state index in [2.05, 4.69) is 15.0 Å². The van der Waals surface area contributed by atoms with Crippen LogP contribution in [0.5, 0.6) is 0 Å². The van der Waals surface area contributed by atoms with E-state index in [1.807, 2.05) is 0 Å². The number of hydrogen-bond acceptors (Lipinski definition) is 10. The number of nitrogens with one attached hydrogen (secondary N) is 1. The van der Waals surface area contributed by atoms with Crippen LogP contribution in [-0.4, -0.2) is 78.8 Å². The van der Waals surface area contributed by atoms with Gasteiger partial charge in [0.1, 0.15) is 18.5 Å². The first kappa shape index (κ1) is 23.3. The van der Waals surface area contributed by atoms with Crippen molar-refractivity contribution in [2.24, 2.45) is 0 Å². The molecule has 1 aliphatic heterocycles. The predicted molar refractivity (Wildman–Crippen MR) is 105 cm³/mol. The number of carbonyl (C=O) groups is 1. The van der Waals surface area contributed by atoms with Gasteiger partial charge in [0.25, 0.3) is 5.56 Å². The minimum absolute atomic E-state index is 0.0539. The van der Waals surface area contributed by atoms with E-state index in [1.165, 1.54) is 6.33 Å². The van der Waals surface area contributed by atoms with Crippen LogP contribution in [0.25, 0.3) is 11.2 Å². The number of nitrogens with two attached hydrogens (primary N) is 1. The number of hydrogen-bond donors (Lipinski definition) is 5. The van der Waals surface area contributed by atoms with Crippen LogP contribution in [0.15, 0.2) is 11.1 Å². The lowest BCUT2D eigenvalue weighted by molar-refractivity contribution is -0.134. The molecule has 0 radical (unpaired) electrons. The van der Waals surface area contributed by atoms with Crippen molar-refractivity contribution in [1.29, 1.82) is 0 Å². The van der Waals surface area contributed by atoms with Crippen molar-refractivity contribution in [2.45, 2.75) is 37.7 Å². The van der Waals surface area contributed by atoms with E-state index in [0.717, 1.165) is 0 Å². The van der Waals surface area contributed by atoms with Crippen LogP contribution in [0, 0.1) is 0 Å². The van der Waals surface area contributed by atoms with Gasteiger partial charge in [-0.25, -0.2) is 4.98 Å². The molecule has 0 spiro atoms. The number of carboxylic acids is 1. The van der Waals surface area contributed by atoms with Gasteiger partial charge in [-0.15, -0.1) is 0 Å². The van der Waals surface area contributed by atoms with Crippen molar-refractivity contribution in [3.05, 3.63) is 16.7 Å². The van der Waals surface area contributed by atoms with Gasteiger partial charge in [-0.05, 0) is 12.8 Å². The SMILES string of the molecule is Nc1nc2c(ncn2[C@H]2C[C@H](OCCCCOP(=O)(O)CC(=O)O)[C@@H](CO)O2)c(=O)[nH]1. The molecule has 3 heterocycles. The van der Waals surface area contributed by atoms with Gasteiger partial charge < -0.3 is 34.8 Å². The molecule has 4 atom stereocenters. The second kappa shape index (κ2) is 9.85. The molecule has 0 aliphatic carbocycles. The molecule has 6 N–H and O–H groups in total.